The Balaban J connectivity index is 0. The average molecular weight is 657 g/mol. The van der Waals surface area contributed by atoms with E-state index >= 15 is 0 Å². The van der Waals surface area contributed by atoms with Gasteiger partial charge in [0.1, 0.15) is 13.7 Å². The van der Waals surface area contributed by atoms with Gasteiger partial charge in [-0.3, -0.25) is 19.2 Å². The van der Waals surface area contributed by atoms with Gasteiger partial charge in [0, 0.05) is 37.5 Å². The molecule has 0 aromatic heterocycles. The molecule has 0 aliphatic heterocycles. The summed E-state index contributed by atoms with van der Waals surface area (Å²) in [7, 11) is 0. The van der Waals surface area contributed by atoms with Gasteiger partial charge in [-0.05, 0) is 27.2 Å². The van der Waals surface area contributed by atoms with Crippen molar-refractivity contribution in [1.29, 1.82) is 0 Å². The van der Waals surface area contributed by atoms with E-state index in [0.29, 0.717) is 0 Å². The quantitative estimate of drug-likeness (QED) is 0.0896. The van der Waals surface area contributed by atoms with Crippen LogP contribution in [0.1, 0.15) is 41.9 Å². The molecule has 0 radical (unpaired) electrons. The van der Waals surface area contributed by atoms with Crippen LogP contribution in [0.2, 0.25) is 0 Å². The molecule has 0 rings (SSSR count). The number of esters is 1. The zero-order valence-corrected chi connectivity index (χ0v) is 21.7. The van der Waals surface area contributed by atoms with E-state index in [4.69, 9.17) is 6.11 Å². The van der Waals surface area contributed by atoms with Gasteiger partial charge in [0.2, 0.25) is 11.8 Å². The van der Waals surface area contributed by atoms with Crippen molar-refractivity contribution in [2.45, 2.75) is 70.0 Å². The van der Waals surface area contributed by atoms with Crippen molar-refractivity contribution >= 4 is 48.9 Å². The fourth-order valence-corrected chi connectivity index (χ4v) is 1.91. The number of hydrogen-bond acceptors (Lipinski definition) is 8. The van der Waals surface area contributed by atoms with Crippen LogP contribution in [0.15, 0.2) is 0 Å². The predicted molar refractivity (Wildman–Crippen MR) is 102 cm³/mol. The molecular formula is C17H26N3O7SU-. The average Bonchev–Trinajstić information content (AvgIpc) is 2.63. The third kappa shape index (κ3) is 12.7. The van der Waals surface area contributed by atoms with Gasteiger partial charge in [-0.15, -0.1) is 0 Å². The molecule has 0 aromatic carbocycles. The Labute approximate surface area is 200 Å². The van der Waals surface area contributed by atoms with E-state index in [0.717, 1.165) is 0 Å². The van der Waals surface area contributed by atoms with Crippen LogP contribution in [-0.2, 0) is 33.5 Å². The van der Waals surface area contributed by atoms with Crippen molar-refractivity contribution < 1.29 is 66.0 Å². The van der Waals surface area contributed by atoms with Gasteiger partial charge in [-0.25, -0.2) is 6.29 Å². The number of thiol groups is 1. The topological polar surface area (TPSA) is 148 Å². The zero-order chi connectivity index (χ0) is 22.7. The summed E-state index contributed by atoms with van der Waals surface area (Å²) in [4.78, 5) is 69.3. The van der Waals surface area contributed by atoms with Crippen LogP contribution >= 0.6 is 12.6 Å². The third-order valence-electron chi connectivity index (χ3n) is 3.40. The molecule has 3 amide bonds. The number of carbonyl (C=O) groups is 5. The minimum Gasteiger partial charge on any atom is -0.540 e. The molecule has 0 fully saturated rings. The molecule has 0 saturated heterocycles. The molecule has 10 nitrogen and oxygen atoms in total. The largest absolute Gasteiger partial charge is 0.540 e. The van der Waals surface area contributed by atoms with E-state index in [2.05, 4.69) is 28.6 Å². The second kappa shape index (κ2) is 15.5. The number of carbonyl (C=O) groups excluding carboxylic acids is 6. The number of nitrogens with one attached hydrogen (secondary N) is 3. The zero-order valence-electron chi connectivity index (χ0n) is 17.6. The van der Waals surface area contributed by atoms with Gasteiger partial charge in [0.25, 0.3) is 5.91 Å². The Bertz CT molecular complexity index is 651. The summed E-state index contributed by atoms with van der Waals surface area (Å²) in [5, 5.41) is 6.20. The Morgan fingerprint density at radius 1 is 1.07 bits per heavy atom. The van der Waals surface area contributed by atoms with Crippen LogP contribution in [0.3, 0.4) is 0 Å². The van der Waals surface area contributed by atoms with Gasteiger partial charge < -0.3 is 30.3 Å². The van der Waals surface area contributed by atoms with Gasteiger partial charge in [-0.2, -0.15) is 12.6 Å². The summed E-state index contributed by atoms with van der Waals surface area (Å²) in [6, 6.07) is -3.14. The maximum atomic E-state index is 12.3. The first-order valence-corrected chi connectivity index (χ1v) is 9.07. The van der Waals surface area contributed by atoms with Crippen LogP contribution in [0, 0.1) is 31.1 Å². The smallest absolute Gasteiger partial charge is 0.306 e. The second-order valence-electron chi connectivity index (χ2n) is 6.10. The maximum Gasteiger partial charge on any atom is 0.306 e. The number of aldehydes is 1. The molecular weight excluding hydrogens is 628 g/mol. The number of amides is 3. The fourth-order valence-electron chi connectivity index (χ4n) is 1.84. The molecule has 162 valence electrons. The summed E-state index contributed by atoms with van der Waals surface area (Å²) < 4.78 is 11.9. The SMILES string of the molecule is [3H]C(=O)C(C)NC(=O)C(CCC(=O)OC(C)C(=O)NC(C)[C-]=O)NC(=O)C(C)S.[U]. The molecule has 0 saturated carbocycles. The van der Waals surface area contributed by atoms with Gasteiger partial charge in [0.05, 0.1) is 11.3 Å². The van der Waals surface area contributed by atoms with Crippen LogP contribution in [0.25, 0.3) is 0 Å². The number of hydrogen-bond donors (Lipinski definition) is 4. The molecule has 0 aromatic rings. The second-order valence-corrected chi connectivity index (χ2v) is 6.88. The number of rotatable bonds is 12. The summed E-state index contributed by atoms with van der Waals surface area (Å²) in [6.07, 6.45) is -1.15. The standard InChI is InChI=1S/C17H26N3O7S.U/c1-9(7-21)18-15(24)11(3)27-14(23)6-5-13(20-16(25)12(4)28)17(26)19-10(2)8-22;/h8-13,28H,5-6H2,1-4H3,(H,18,24)(H,19,26)(H,20,25);/q-1;/i8T;. The monoisotopic (exact) mass is 656 g/mol. The first-order chi connectivity index (χ1) is 13.4. The van der Waals surface area contributed by atoms with Crippen molar-refractivity contribution in [2.24, 2.45) is 0 Å². The molecule has 5 unspecified atom stereocenters. The van der Waals surface area contributed by atoms with E-state index < -0.39 is 59.4 Å². The first-order valence-electron chi connectivity index (χ1n) is 9.05. The van der Waals surface area contributed by atoms with Crippen molar-refractivity contribution in [3.05, 3.63) is 0 Å². The first kappa shape index (κ1) is 27.6. The molecule has 3 N–H and O–H groups in total. The van der Waals surface area contributed by atoms with E-state index in [1.165, 1.54) is 27.7 Å². The molecule has 12 heteroatoms. The van der Waals surface area contributed by atoms with Crippen LogP contribution in [-0.4, -0.2) is 65.7 Å². The van der Waals surface area contributed by atoms with Gasteiger partial charge >= 0.3 is 5.97 Å². The molecule has 0 bridgehead atoms. The maximum absolute atomic E-state index is 12.3. The van der Waals surface area contributed by atoms with Gasteiger partial charge in [-0.1, -0.05) is 13.0 Å². The van der Waals surface area contributed by atoms with Crippen molar-refractivity contribution in [3.63, 3.8) is 0 Å². The summed E-state index contributed by atoms with van der Waals surface area (Å²) in [5.74, 6) is -2.83. The molecule has 0 spiro atoms. The predicted octanol–water partition coefficient (Wildman–Crippen LogP) is -1.18. The molecule has 29 heavy (non-hydrogen) atoms. The van der Waals surface area contributed by atoms with Crippen LogP contribution in [0.4, 0.5) is 0 Å². The van der Waals surface area contributed by atoms with E-state index in [9.17, 15) is 28.8 Å². The molecule has 0 heterocycles. The Morgan fingerprint density at radius 2 is 1.66 bits per heavy atom. The van der Waals surface area contributed by atoms with Crippen molar-refractivity contribution in [2.75, 3.05) is 0 Å². The molecule has 0 aliphatic carbocycles. The van der Waals surface area contributed by atoms with Gasteiger partial charge in [0.15, 0.2) is 6.10 Å². The normalized spacial score (nSPS) is 15.7. The summed E-state index contributed by atoms with van der Waals surface area (Å²) in [6.45, 7) is 5.49. The Kier molecular flexibility index (Phi) is 14.7. The van der Waals surface area contributed by atoms with Crippen LogP contribution in [0.5, 0.6) is 0 Å². The van der Waals surface area contributed by atoms with Crippen LogP contribution < -0.4 is 16.0 Å². The third-order valence-corrected chi connectivity index (χ3v) is 3.63. The fraction of sp³-hybridized carbons (Fsp3) is 0.647. The Morgan fingerprint density at radius 3 is 2.14 bits per heavy atom. The van der Waals surface area contributed by atoms with E-state index in [1.807, 2.05) is 0 Å². The van der Waals surface area contributed by atoms with E-state index in [1.54, 1.807) is 6.29 Å². The minimum absolute atomic E-state index is 0. The van der Waals surface area contributed by atoms with Crippen molar-refractivity contribution in [1.82, 2.24) is 16.0 Å². The van der Waals surface area contributed by atoms with Crippen molar-refractivity contribution in [3.8, 4) is 0 Å². The summed E-state index contributed by atoms with van der Waals surface area (Å²) >= 11 is 3.96. The Hall–Kier alpha value is -1.38. The van der Waals surface area contributed by atoms with E-state index in [-0.39, 0.29) is 44.0 Å². The molecule has 0 aliphatic rings. The summed E-state index contributed by atoms with van der Waals surface area (Å²) in [5.41, 5.74) is 0. The molecule has 5 atom stereocenters. The number of ether oxygens (including phenoxy) is 1. The minimum atomic E-state index is -1.18.